The van der Waals surface area contributed by atoms with Gasteiger partial charge < -0.3 is 25.0 Å². The number of nitriles is 1. The van der Waals surface area contributed by atoms with Crippen LogP contribution in [0, 0.1) is 11.3 Å². The summed E-state index contributed by atoms with van der Waals surface area (Å²) in [4.78, 5) is 25.7. The lowest BCUT2D eigenvalue weighted by Gasteiger charge is -2.35. The van der Waals surface area contributed by atoms with Gasteiger partial charge in [0.25, 0.3) is 14.4 Å². The molecule has 0 aliphatic carbocycles. The van der Waals surface area contributed by atoms with Crippen molar-refractivity contribution in [3.63, 3.8) is 0 Å². The first kappa shape index (κ1) is 35.8. The number of rotatable bonds is 22. The highest BCUT2D eigenvalue weighted by Crippen LogP contribution is 2.46. The van der Waals surface area contributed by atoms with Crippen LogP contribution in [-0.4, -0.2) is 61.4 Å². The van der Waals surface area contributed by atoms with Crippen molar-refractivity contribution in [3.05, 3.63) is 29.8 Å². The molecule has 0 aliphatic rings. The van der Waals surface area contributed by atoms with E-state index in [1.165, 1.54) is 0 Å². The van der Waals surface area contributed by atoms with Gasteiger partial charge in [-0.05, 0) is 71.2 Å². The van der Waals surface area contributed by atoms with Crippen LogP contribution in [0.4, 0.5) is 5.69 Å². The van der Waals surface area contributed by atoms with Gasteiger partial charge in [-0.25, -0.2) is 4.67 Å². The number of nitrogens with one attached hydrogen (secondary N) is 3. The molecule has 40 heavy (non-hydrogen) atoms. The number of nitrogens with zero attached hydrogens (tertiary/aromatic N) is 2. The SMILES string of the molecule is CCCCCC(NC(=O)c1ccc(NC)cc1)C(=O)NCCCCCCOP(OCCC#N)N(C(C)C)C(C)C. The standard InChI is InChI=1S/C30H52N5O4P/c1-7-8-11-15-28(34-29(36)26-16-18-27(32-6)19-17-26)30(37)33-21-12-9-10-13-22-38-40(39-23-14-20-31)35(24(2)3)25(4)5/h16-19,24-25,28,32H,7-15,21-23H2,1-6H3,(H,33,37)(H,34,36). The number of unbranched alkanes of at least 4 members (excludes halogenated alkanes) is 5. The van der Waals surface area contributed by atoms with Crippen LogP contribution in [0.25, 0.3) is 0 Å². The molecule has 0 aliphatic heterocycles. The van der Waals surface area contributed by atoms with Crippen molar-refractivity contribution < 1.29 is 18.6 Å². The normalized spacial score (nSPS) is 12.8. The molecule has 0 saturated heterocycles. The number of hydrogen-bond donors (Lipinski definition) is 3. The summed E-state index contributed by atoms with van der Waals surface area (Å²) in [5.74, 6) is -0.355. The van der Waals surface area contributed by atoms with Crippen LogP contribution in [0.2, 0.25) is 0 Å². The van der Waals surface area contributed by atoms with E-state index in [0.29, 0.717) is 38.2 Å². The van der Waals surface area contributed by atoms with Crippen LogP contribution in [0.3, 0.4) is 0 Å². The smallest absolute Gasteiger partial charge is 0.259 e. The van der Waals surface area contributed by atoms with Crippen molar-refractivity contribution >= 4 is 26.0 Å². The Bertz CT molecular complexity index is 868. The lowest BCUT2D eigenvalue weighted by atomic mass is 10.1. The maximum Gasteiger partial charge on any atom is 0.259 e. The average Bonchev–Trinajstić information content (AvgIpc) is 2.93. The molecule has 1 rings (SSSR count). The summed E-state index contributed by atoms with van der Waals surface area (Å²) in [6.45, 7) is 12.2. The van der Waals surface area contributed by atoms with Crippen molar-refractivity contribution in [2.24, 2.45) is 0 Å². The number of hydrogen-bond acceptors (Lipinski definition) is 7. The van der Waals surface area contributed by atoms with Gasteiger partial charge in [0.05, 0.1) is 25.7 Å². The van der Waals surface area contributed by atoms with E-state index >= 15 is 0 Å². The second-order valence-electron chi connectivity index (χ2n) is 10.4. The molecule has 0 fully saturated rings. The van der Waals surface area contributed by atoms with Gasteiger partial charge >= 0.3 is 0 Å². The fourth-order valence-electron chi connectivity index (χ4n) is 4.27. The zero-order chi connectivity index (χ0) is 29.8. The van der Waals surface area contributed by atoms with E-state index in [0.717, 1.165) is 50.6 Å². The van der Waals surface area contributed by atoms with Gasteiger partial charge in [-0.3, -0.25) is 9.59 Å². The number of amides is 2. The Labute approximate surface area is 243 Å². The van der Waals surface area contributed by atoms with Crippen molar-refractivity contribution in [3.8, 4) is 6.07 Å². The Morgan fingerprint density at radius 1 is 0.950 bits per heavy atom. The summed E-state index contributed by atoms with van der Waals surface area (Å²) < 4.78 is 14.3. The van der Waals surface area contributed by atoms with Crippen molar-refractivity contribution in [2.45, 2.75) is 111 Å². The molecule has 1 aromatic carbocycles. The Morgan fingerprint density at radius 3 is 2.20 bits per heavy atom. The summed E-state index contributed by atoms with van der Waals surface area (Å²) in [7, 11) is 0.626. The molecule has 9 nitrogen and oxygen atoms in total. The molecule has 3 N–H and O–H groups in total. The highest BCUT2D eigenvalue weighted by Gasteiger charge is 2.27. The molecule has 2 atom stereocenters. The first-order valence-corrected chi connectivity index (χ1v) is 16.0. The quantitative estimate of drug-likeness (QED) is 0.108. The highest BCUT2D eigenvalue weighted by atomic mass is 31.2. The molecule has 0 heterocycles. The highest BCUT2D eigenvalue weighted by molar-refractivity contribution is 7.44. The van der Waals surface area contributed by atoms with Gasteiger partial charge in [0, 0.05) is 36.9 Å². The van der Waals surface area contributed by atoms with Crippen LogP contribution in [0.1, 0.15) is 103 Å². The van der Waals surface area contributed by atoms with E-state index in [-0.39, 0.29) is 23.9 Å². The van der Waals surface area contributed by atoms with Crippen LogP contribution < -0.4 is 16.0 Å². The summed E-state index contributed by atoms with van der Waals surface area (Å²) in [5.41, 5.74) is 1.47. The molecule has 2 unspecified atom stereocenters. The van der Waals surface area contributed by atoms with E-state index in [9.17, 15) is 9.59 Å². The predicted octanol–water partition coefficient (Wildman–Crippen LogP) is 6.38. The van der Waals surface area contributed by atoms with E-state index in [1.54, 1.807) is 12.1 Å². The third-order valence-corrected chi connectivity index (χ3v) is 8.50. The molecular formula is C30H52N5O4P. The fourth-order valence-corrected chi connectivity index (χ4v) is 5.90. The van der Waals surface area contributed by atoms with E-state index in [1.807, 2.05) is 19.2 Å². The zero-order valence-corrected chi connectivity index (χ0v) is 26.4. The molecule has 0 radical (unpaired) electrons. The molecule has 0 saturated carbocycles. The van der Waals surface area contributed by atoms with E-state index in [4.69, 9.17) is 14.3 Å². The third-order valence-electron chi connectivity index (χ3n) is 6.39. The second-order valence-corrected chi connectivity index (χ2v) is 11.9. The molecule has 1 aromatic rings. The maximum absolute atomic E-state index is 12.9. The number of carbonyl (C=O) groups excluding carboxylic acids is 2. The van der Waals surface area contributed by atoms with Gasteiger partial charge in [0.15, 0.2) is 0 Å². The van der Waals surface area contributed by atoms with Gasteiger partial charge in [-0.1, -0.05) is 39.0 Å². The molecule has 0 bridgehead atoms. The zero-order valence-electron chi connectivity index (χ0n) is 25.5. The van der Waals surface area contributed by atoms with Gasteiger partial charge in [-0.2, -0.15) is 5.26 Å². The average molecular weight is 578 g/mol. The van der Waals surface area contributed by atoms with Crippen LogP contribution >= 0.6 is 8.53 Å². The van der Waals surface area contributed by atoms with Crippen molar-refractivity contribution in [1.29, 1.82) is 5.26 Å². The molecule has 2 amide bonds. The molecular weight excluding hydrogens is 525 g/mol. The minimum absolute atomic E-state index is 0.123. The number of carbonyl (C=O) groups is 2. The van der Waals surface area contributed by atoms with Gasteiger partial charge in [0.1, 0.15) is 6.04 Å². The first-order valence-electron chi connectivity index (χ1n) is 14.8. The Balaban J connectivity index is 2.44. The second kappa shape index (κ2) is 21.5. The van der Waals surface area contributed by atoms with Crippen LogP contribution in [0.5, 0.6) is 0 Å². The van der Waals surface area contributed by atoms with E-state index < -0.39 is 14.6 Å². The van der Waals surface area contributed by atoms with Crippen molar-refractivity contribution in [1.82, 2.24) is 15.3 Å². The topological polar surface area (TPSA) is 116 Å². The summed E-state index contributed by atoms with van der Waals surface area (Å²) in [5, 5.41) is 17.8. The molecule has 10 heteroatoms. The van der Waals surface area contributed by atoms with E-state index in [2.05, 4.69) is 61.3 Å². The maximum atomic E-state index is 12.9. The van der Waals surface area contributed by atoms with Gasteiger partial charge in [-0.15, -0.1) is 0 Å². The monoisotopic (exact) mass is 577 g/mol. The first-order chi connectivity index (χ1) is 19.2. The number of benzene rings is 1. The number of anilines is 1. The summed E-state index contributed by atoms with van der Waals surface area (Å²) in [6, 6.07) is 9.37. The van der Waals surface area contributed by atoms with Crippen LogP contribution in [0.15, 0.2) is 24.3 Å². The Kier molecular flexibility index (Phi) is 19.2. The van der Waals surface area contributed by atoms with Gasteiger partial charge in [0.2, 0.25) is 5.91 Å². The fraction of sp³-hybridized carbons (Fsp3) is 0.700. The minimum Gasteiger partial charge on any atom is -0.388 e. The minimum atomic E-state index is -1.20. The summed E-state index contributed by atoms with van der Waals surface area (Å²) >= 11 is 0. The Hall–Kier alpha value is -2.24. The molecule has 226 valence electrons. The summed E-state index contributed by atoms with van der Waals surface area (Å²) in [6.07, 6.45) is 7.67. The largest absolute Gasteiger partial charge is 0.388 e. The Morgan fingerprint density at radius 2 is 1.60 bits per heavy atom. The third kappa shape index (κ3) is 14.4. The van der Waals surface area contributed by atoms with Crippen molar-refractivity contribution in [2.75, 3.05) is 32.1 Å². The van der Waals surface area contributed by atoms with Crippen LogP contribution in [-0.2, 0) is 13.8 Å². The molecule has 0 aromatic heterocycles. The lowest BCUT2D eigenvalue weighted by Crippen LogP contribution is -2.47. The molecule has 0 spiro atoms. The lowest BCUT2D eigenvalue weighted by molar-refractivity contribution is -0.123. The predicted molar refractivity (Wildman–Crippen MR) is 164 cm³/mol.